The number of aliphatic imine (C=N–C) groups is 1. The van der Waals surface area contributed by atoms with E-state index >= 15 is 0 Å². The van der Waals surface area contributed by atoms with Gasteiger partial charge in [-0.05, 0) is 18.2 Å². The van der Waals surface area contributed by atoms with Crippen LogP contribution < -0.4 is 5.32 Å². The summed E-state index contributed by atoms with van der Waals surface area (Å²) in [5.41, 5.74) is 2.13. The topological polar surface area (TPSA) is 63.3 Å². The molecule has 136 valence electrons. The lowest BCUT2D eigenvalue weighted by molar-refractivity contribution is 0.460. The van der Waals surface area contributed by atoms with Gasteiger partial charge in [0, 0.05) is 38.7 Å². The maximum absolute atomic E-state index is 6.06. The SMILES string of the molecule is CN=C(NCc1nncn1-c1ccccc1)N(C)Cc1cc(Cl)cn1C. The Hall–Kier alpha value is -2.80. The summed E-state index contributed by atoms with van der Waals surface area (Å²) >= 11 is 6.06. The third-order valence-corrected chi connectivity index (χ3v) is 4.31. The molecule has 0 saturated carbocycles. The van der Waals surface area contributed by atoms with Crippen LogP contribution in [0.1, 0.15) is 11.5 Å². The van der Waals surface area contributed by atoms with Crippen LogP contribution >= 0.6 is 11.6 Å². The summed E-state index contributed by atoms with van der Waals surface area (Å²) in [6.45, 7) is 1.20. The number of aryl methyl sites for hydroxylation is 1. The first-order valence-electron chi connectivity index (χ1n) is 8.25. The lowest BCUT2D eigenvalue weighted by Gasteiger charge is -2.22. The van der Waals surface area contributed by atoms with E-state index in [9.17, 15) is 0 Å². The van der Waals surface area contributed by atoms with Crippen molar-refractivity contribution in [2.75, 3.05) is 14.1 Å². The van der Waals surface area contributed by atoms with Crippen LogP contribution in [0.3, 0.4) is 0 Å². The minimum Gasteiger partial charge on any atom is -0.351 e. The Morgan fingerprint density at radius 1 is 1.31 bits per heavy atom. The fraction of sp³-hybridized carbons (Fsp3) is 0.278. The third-order valence-electron chi connectivity index (χ3n) is 4.10. The summed E-state index contributed by atoms with van der Waals surface area (Å²) in [5.74, 6) is 1.58. The van der Waals surface area contributed by atoms with Gasteiger partial charge in [-0.25, -0.2) is 0 Å². The molecule has 0 unspecified atom stereocenters. The Morgan fingerprint density at radius 3 is 2.73 bits per heavy atom. The fourth-order valence-corrected chi connectivity index (χ4v) is 3.04. The number of para-hydroxylation sites is 1. The van der Waals surface area contributed by atoms with Gasteiger partial charge in [0.25, 0.3) is 0 Å². The highest BCUT2D eigenvalue weighted by atomic mass is 35.5. The highest BCUT2D eigenvalue weighted by Gasteiger charge is 2.12. The standard InChI is InChI=1S/C18H22ClN7/c1-20-18(25(3)12-16-9-14(19)11-24(16)2)21-10-17-23-22-13-26(17)15-7-5-4-6-8-15/h4-9,11,13H,10,12H2,1-3H3,(H,20,21). The van der Waals surface area contributed by atoms with E-state index in [0.29, 0.717) is 13.1 Å². The van der Waals surface area contributed by atoms with Crippen molar-refractivity contribution >= 4 is 17.6 Å². The maximum atomic E-state index is 6.06. The minimum absolute atomic E-state index is 0.514. The Bertz CT molecular complexity index is 882. The van der Waals surface area contributed by atoms with Crippen LogP contribution in [-0.4, -0.2) is 44.3 Å². The van der Waals surface area contributed by atoms with E-state index in [1.165, 1.54) is 0 Å². The molecule has 2 heterocycles. The van der Waals surface area contributed by atoms with Crippen molar-refractivity contribution in [3.05, 3.63) is 65.5 Å². The molecule has 8 heteroatoms. The lowest BCUT2D eigenvalue weighted by atomic mass is 10.3. The first-order chi connectivity index (χ1) is 12.6. The van der Waals surface area contributed by atoms with Gasteiger partial charge in [-0.1, -0.05) is 29.8 Å². The normalized spacial score (nSPS) is 11.6. The third kappa shape index (κ3) is 4.05. The monoisotopic (exact) mass is 371 g/mol. The first-order valence-corrected chi connectivity index (χ1v) is 8.63. The van der Waals surface area contributed by atoms with Gasteiger partial charge in [-0.15, -0.1) is 10.2 Å². The van der Waals surface area contributed by atoms with Crippen LogP contribution in [0.2, 0.25) is 5.02 Å². The van der Waals surface area contributed by atoms with E-state index in [-0.39, 0.29) is 0 Å². The largest absolute Gasteiger partial charge is 0.351 e. The number of hydrogen-bond acceptors (Lipinski definition) is 3. The van der Waals surface area contributed by atoms with E-state index in [2.05, 4.69) is 20.5 Å². The molecule has 0 spiro atoms. The van der Waals surface area contributed by atoms with Gasteiger partial charge >= 0.3 is 0 Å². The van der Waals surface area contributed by atoms with Crippen molar-refractivity contribution in [3.63, 3.8) is 0 Å². The van der Waals surface area contributed by atoms with Gasteiger partial charge in [-0.3, -0.25) is 9.56 Å². The molecule has 26 heavy (non-hydrogen) atoms. The molecule has 0 radical (unpaired) electrons. The van der Waals surface area contributed by atoms with Crippen LogP contribution in [0, 0.1) is 0 Å². The number of halogens is 1. The van der Waals surface area contributed by atoms with Gasteiger partial charge in [0.1, 0.15) is 6.33 Å². The van der Waals surface area contributed by atoms with Gasteiger partial charge in [0.15, 0.2) is 11.8 Å². The lowest BCUT2D eigenvalue weighted by Crippen LogP contribution is -2.38. The Morgan fingerprint density at radius 2 is 2.08 bits per heavy atom. The molecule has 7 nitrogen and oxygen atoms in total. The summed E-state index contributed by atoms with van der Waals surface area (Å²) in [6.07, 6.45) is 3.61. The fourth-order valence-electron chi connectivity index (χ4n) is 2.77. The molecule has 0 aliphatic rings. The first kappa shape index (κ1) is 18.0. The zero-order valence-electron chi connectivity index (χ0n) is 15.1. The average Bonchev–Trinajstić information content (AvgIpc) is 3.22. The highest BCUT2D eigenvalue weighted by molar-refractivity contribution is 6.30. The molecule has 1 N–H and O–H groups in total. The second-order valence-electron chi connectivity index (χ2n) is 5.97. The maximum Gasteiger partial charge on any atom is 0.194 e. The number of rotatable bonds is 5. The molecule has 0 aliphatic carbocycles. The van der Waals surface area contributed by atoms with E-state index in [1.54, 1.807) is 13.4 Å². The number of hydrogen-bond donors (Lipinski definition) is 1. The van der Waals surface area contributed by atoms with Gasteiger partial charge in [0.2, 0.25) is 0 Å². The predicted molar refractivity (Wildman–Crippen MR) is 103 cm³/mol. The molecule has 0 atom stereocenters. The number of nitrogens with one attached hydrogen (secondary N) is 1. The van der Waals surface area contributed by atoms with Crippen LogP contribution in [0.15, 0.2) is 53.9 Å². The van der Waals surface area contributed by atoms with Gasteiger partial charge in [0.05, 0.1) is 18.1 Å². The summed E-state index contributed by atoms with van der Waals surface area (Å²) in [6, 6.07) is 12.0. The van der Waals surface area contributed by atoms with E-state index in [4.69, 9.17) is 11.6 Å². The molecule has 0 amide bonds. The number of guanidine groups is 1. The smallest absolute Gasteiger partial charge is 0.194 e. The zero-order valence-corrected chi connectivity index (χ0v) is 15.9. The second-order valence-corrected chi connectivity index (χ2v) is 6.41. The van der Waals surface area contributed by atoms with Crippen molar-refractivity contribution in [2.45, 2.75) is 13.1 Å². The molecule has 0 aliphatic heterocycles. The Labute approximate surface area is 157 Å². The summed E-state index contributed by atoms with van der Waals surface area (Å²) in [4.78, 5) is 6.39. The van der Waals surface area contributed by atoms with Crippen molar-refractivity contribution < 1.29 is 0 Å². The molecule has 2 aromatic heterocycles. The molecule has 0 saturated heterocycles. The molecule has 0 bridgehead atoms. The Kier molecular flexibility index (Phi) is 5.58. The van der Waals surface area contributed by atoms with Crippen LogP contribution in [0.4, 0.5) is 0 Å². The number of aromatic nitrogens is 4. The minimum atomic E-state index is 0.514. The molecule has 3 rings (SSSR count). The quantitative estimate of drug-likeness (QED) is 0.552. The zero-order chi connectivity index (χ0) is 18.5. The van der Waals surface area contributed by atoms with Crippen molar-refractivity contribution in [2.24, 2.45) is 12.0 Å². The van der Waals surface area contributed by atoms with Crippen molar-refractivity contribution in [3.8, 4) is 5.69 Å². The second kappa shape index (κ2) is 8.05. The molecule has 3 aromatic rings. The van der Waals surface area contributed by atoms with Gasteiger partial charge < -0.3 is 14.8 Å². The number of benzene rings is 1. The summed E-state index contributed by atoms with van der Waals surface area (Å²) < 4.78 is 3.97. The van der Waals surface area contributed by atoms with Crippen LogP contribution in [0.25, 0.3) is 5.69 Å². The molecule has 0 fully saturated rings. The summed E-state index contributed by atoms with van der Waals surface area (Å²) in [7, 11) is 5.73. The van der Waals surface area contributed by atoms with E-state index in [1.807, 2.05) is 70.7 Å². The molecular weight excluding hydrogens is 350 g/mol. The molecular formula is C18H22ClN7. The van der Waals surface area contributed by atoms with Crippen LogP contribution in [-0.2, 0) is 20.1 Å². The van der Waals surface area contributed by atoms with E-state index in [0.717, 1.165) is 28.2 Å². The highest BCUT2D eigenvalue weighted by Crippen LogP contribution is 2.14. The van der Waals surface area contributed by atoms with E-state index < -0.39 is 0 Å². The van der Waals surface area contributed by atoms with Crippen molar-refractivity contribution in [1.82, 2.24) is 29.5 Å². The Balaban J connectivity index is 1.67. The average molecular weight is 372 g/mol. The van der Waals surface area contributed by atoms with Crippen molar-refractivity contribution in [1.29, 1.82) is 0 Å². The predicted octanol–water partition coefficient (Wildman–Crippen LogP) is 2.47. The molecule has 1 aromatic carbocycles. The van der Waals surface area contributed by atoms with Crippen LogP contribution in [0.5, 0.6) is 0 Å². The summed E-state index contributed by atoms with van der Waals surface area (Å²) in [5, 5.41) is 12.3. The number of nitrogens with zero attached hydrogens (tertiary/aromatic N) is 6. The van der Waals surface area contributed by atoms with Gasteiger partial charge in [-0.2, -0.15) is 0 Å².